The highest BCUT2D eigenvalue weighted by atomic mass is 19.4. The summed E-state index contributed by atoms with van der Waals surface area (Å²) in [4.78, 5) is 17.8. The van der Waals surface area contributed by atoms with Crippen LogP contribution < -0.4 is 10.2 Å². The van der Waals surface area contributed by atoms with Gasteiger partial charge in [-0.3, -0.25) is 4.79 Å². The number of pyridine rings is 1. The number of aromatic nitrogens is 1. The summed E-state index contributed by atoms with van der Waals surface area (Å²) < 4.78 is 79.7. The van der Waals surface area contributed by atoms with E-state index in [-0.39, 0.29) is 18.0 Å². The van der Waals surface area contributed by atoms with Gasteiger partial charge in [0.2, 0.25) is 5.91 Å². The quantitative estimate of drug-likeness (QED) is 0.644. The fourth-order valence-corrected chi connectivity index (χ4v) is 4.47. The van der Waals surface area contributed by atoms with Crippen LogP contribution in [0.15, 0.2) is 36.4 Å². The Bertz CT molecular complexity index is 954. The van der Waals surface area contributed by atoms with Gasteiger partial charge in [-0.15, -0.1) is 0 Å². The third-order valence-electron chi connectivity index (χ3n) is 5.87. The minimum atomic E-state index is -5.05. The summed E-state index contributed by atoms with van der Waals surface area (Å²) in [6.45, 7) is 1.88. The molecule has 1 saturated heterocycles. The predicted molar refractivity (Wildman–Crippen MR) is 101 cm³/mol. The van der Waals surface area contributed by atoms with Crippen molar-refractivity contribution in [1.82, 2.24) is 4.98 Å². The van der Waals surface area contributed by atoms with Crippen molar-refractivity contribution in [1.29, 1.82) is 0 Å². The number of hydrogen-bond donors (Lipinski definition) is 1. The molecule has 166 valence electrons. The van der Waals surface area contributed by atoms with Gasteiger partial charge in [0.05, 0.1) is 5.56 Å². The molecular formula is C21H19F6N3O. The second-order valence-corrected chi connectivity index (χ2v) is 8.03. The molecule has 1 aliphatic heterocycles. The molecule has 1 aromatic carbocycles. The van der Waals surface area contributed by atoms with E-state index in [1.54, 1.807) is 24.3 Å². The molecule has 1 aromatic heterocycles. The van der Waals surface area contributed by atoms with Crippen LogP contribution in [0.5, 0.6) is 0 Å². The summed E-state index contributed by atoms with van der Waals surface area (Å²) in [6.07, 6.45) is -8.24. The molecule has 2 aromatic rings. The van der Waals surface area contributed by atoms with Crippen LogP contribution in [0.4, 0.5) is 37.8 Å². The van der Waals surface area contributed by atoms with Crippen molar-refractivity contribution in [2.24, 2.45) is 5.92 Å². The number of piperidine rings is 1. The first-order chi connectivity index (χ1) is 14.4. The number of anilines is 2. The zero-order chi connectivity index (χ0) is 22.6. The van der Waals surface area contributed by atoms with E-state index in [1.807, 2.05) is 6.92 Å². The molecule has 1 aliphatic carbocycles. The molecular weight excluding hydrogens is 424 g/mol. The number of benzene rings is 1. The van der Waals surface area contributed by atoms with Crippen molar-refractivity contribution < 1.29 is 31.1 Å². The largest absolute Gasteiger partial charge is 0.433 e. The molecule has 2 heterocycles. The molecule has 2 bridgehead atoms. The molecule has 0 radical (unpaired) electrons. The van der Waals surface area contributed by atoms with Gasteiger partial charge < -0.3 is 10.2 Å². The van der Waals surface area contributed by atoms with Crippen LogP contribution >= 0.6 is 0 Å². The lowest BCUT2D eigenvalue weighted by Crippen LogP contribution is -2.49. The summed E-state index contributed by atoms with van der Waals surface area (Å²) in [5.74, 6) is -1.11. The Hall–Kier alpha value is -2.78. The molecule has 31 heavy (non-hydrogen) atoms. The summed E-state index contributed by atoms with van der Waals surface area (Å²) in [5.41, 5.74) is -1.58. The fraction of sp³-hybridized carbons (Fsp3) is 0.429. The molecule has 0 unspecified atom stereocenters. The van der Waals surface area contributed by atoms with Gasteiger partial charge in [0.25, 0.3) is 0 Å². The van der Waals surface area contributed by atoms with Gasteiger partial charge in [0, 0.05) is 11.7 Å². The van der Waals surface area contributed by atoms with Crippen LogP contribution in [-0.4, -0.2) is 23.0 Å². The molecule has 4 nitrogen and oxygen atoms in total. The highest BCUT2D eigenvalue weighted by Crippen LogP contribution is 2.46. The van der Waals surface area contributed by atoms with Gasteiger partial charge in [-0.1, -0.05) is 17.7 Å². The molecule has 10 heteroatoms. The first-order valence-electron chi connectivity index (χ1n) is 9.76. The molecule has 1 N–H and O–H groups in total. The third kappa shape index (κ3) is 4.20. The SMILES string of the molecule is Cc1ccc(NC(=O)[C@@H]2[C@H]3CC[C@H](C3)N2c2cc(C(F)(F)F)cc(C(F)(F)F)n2)cc1. The molecule has 1 saturated carbocycles. The number of nitrogens with one attached hydrogen (secondary N) is 1. The number of nitrogens with zero attached hydrogens (tertiary/aromatic N) is 2. The van der Waals surface area contributed by atoms with Crippen molar-refractivity contribution in [3.05, 3.63) is 53.2 Å². The zero-order valence-corrected chi connectivity index (χ0v) is 16.4. The van der Waals surface area contributed by atoms with Gasteiger partial charge >= 0.3 is 12.4 Å². The Morgan fingerprint density at radius 2 is 1.71 bits per heavy atom. The maximum Gasteiger partial charge on any atom is 0.433 e. The lowest BCUT2D eigenvalue weighted by Gasteiger charge is -2.36. The van der Waals surface area contributed by atoms with Gasteiger partial charge in [-0.25, -0.2) is 4.98 Å². The molecule has 3 atom stereocenters. The average Bonchev–Trinajstić information content (AvgIpc) is 3.29. The molecule has 0 spiro atoms. The Morgan fingerprint density at radius 1 is 1.03 bits per heavy atom. The van der Waals surface area contributed by atoms with E-state index in [0.29, 0.717) is 31.0 Å². The number of carbonyl (C=O) groups is 1. The van der Waals surface area contributed by atoms with E-state index in [4.69, 9.17) is 0 Å². The Balaban J connectivity index is 1.71. The minimum absolute atomic E-state index is 0.000786. The van der Waals surface area contributed by atoms with Gasteiger partial charge in [-0.2, -0.15) is 26.3 Å². The van der Waals surface area contributed by atoms with E-state index < -0.39 is 41.4 Å². The van der Waals surface area contributed by atoms with Crippen molar-refractivity contribution >= 4 is 17.4 Å². The highest BCUT2D eigenvalue weighted by Gasteiger charge is 2.51. The predicted octanol–water partition coefficient (Wildman–Crippen LogP) is 5.42. The number of hydrogen-bond acceptors (Lipinski definition) is 3. The molecule has 4 rings (SSSR count). The van der Waals surface area contributed by atoms with Crippen molar-refractivity contribution in [2.75, 3.05) is 10.2 Å². The second-order valence-electron chi connectivity index (χ2n) is 8.03. The van der Waals surface area contributed by atoms with E-state index in [0.717, 1.165) is 5.56 Å². The number of amides is 1. The zero-order valence-electron chi connectivity index (χ0n) is 16.4. The summed E-state index contributed by atoms with van der Waals surface area (Å²) in [6, 6.07) is 6.33. The van der Waals surface area contributed by atoms with E-state index >= 15 is 0 Å². The fourth-order valence-electron chi connectivity index (χ4n) is 4.47. The number of carbonyl (C=O) groups excluding carboxylic acids is 1. The van der Waals surface area contributed by atoms with Crippen LogP contribution in [0.1, 0.15) is 36.1 Å². The second kappa shape index (κ2) is 7.42. The van der Waals surface area contributed by atoms with E-state index in [1.165, 1.54) is 4.90 Å². The Morgan fingerprint density at radius 3 is 2.32 bits per heavy atom. The van der Waals surface area contributed by atoms with Crippen molar-refractivity contribution in [3.8, 4) is 0 Å². The van der Waals surface area contributed by atoms with E-state index in [9.17, 15) is 31.1 Å². The maximum absolute atomic E-state index is 13.3. The normalized spacial score (nSPS) is 23.3. The van der Waals surface area contributed by atoms with Crippen molar-refractivity contribution in [2.45, 2.75) is 50.6 Å². The lowest BCUT2D eigenvalue weighted by molar-refractivity contribution is -0.145. The molecule has 2 aliphatic rings. The number of aryl methyl sites for hydroxylation is 1. The maximum atomic E-state index is 13.3. The van der Waals surface area contributed by atoms with Crippen LogP contribution in [0.3, 0.4) is 0 Å². The minimum Gasteiger partial charge on any atom is -0.341 e. The van der Waals surface area contributed by atoms with Crippen LogP contribution in [0.25, 0.3) is 0 Å². The first kappa shape index (κ1) is 21.5. The summed E-state index contributed by atoms with van der Waals surface area (Å²) in [5, 5.41) is 2.73. The number of halogens is 6. The highest BCUT2D eigenvalue weighted by molar-refractivity contribution is 5.97. The van der Waals surface area contributed by atoms with Crippen molar-refractivity contribution in [3.63, 3.8) is 0 Å². The third-order valence-corrected chi connectivity index (χ3v) is 5.87. The number of rotatable bonds is 3. The smallest absolute Gasteiger partial charge is 0.341 e. The Kier molecular flexibility index (Phi) is 5.13. The van der Waals surface area contributed by atoms with Crippen LogP contribution in [0, 0.1) is 12.8 Å². The number of alkyl halides is 6. The first-order valence-corrected chi connectivity index (χ1v) is 9.76. The van der Waals surface area contributed by atoms with E-state index in [2.05, 4.69) is 10.3 Å². The van der Waals surface area contributed by atoms with Gasteiger partial charge in [0.1, 0.15) is 17.6 Å². The standard InChI is InChI=1S/C21H19F6N3O/c1-11-2-5-14(6-3-11)28-19(31)18-12-4-7-15(8-12)30(18)17-10-13(20(22,23)24)9-16(29-17)21(25,26)27/h2-3,5-6,9-10,12,15,18H,4,7-8H2,1H3,(H,28,31)/t12-,15+,18-/m0/s1. The average molecular weight is 443 g/mol. The van der Waals surface area contributed by atoms with Crippen LogP contribution in [-0.2, 0) is 17.1 Å². The monoisotopic (exact) mass is 443 g/mol. The van der Waals surface area contributed by atoms with Gasteiger partial charge in [0.15, 0.2) is 0 Å². The molecule has 2 fully saturated rings. The van der Waals surface area contributed by atoms with Gasteiger partial charge in [-0.05, 0) is 56.4 Å². The molecule has 1 amide bonds. The Labute approximate surface area is 174 Å². The lowest BCUT2D eigenvalue weighted by atomic mass is 9.97. The summed E-state index contributed by atoms with van der Waals surface area (Å²) in [7, 11) is 0. The number of fused-ring (bicyclic) bond motifs is 2. The van der Waals surface area contributed by atoms with Crippen LogP contribution in [0.2, 0.25) is 0 Å². The topological polar surface area (TPSA) is 45.2 Å². The summed E-state index contributed by atoms with van der Waals surface area (Å²) >= 11 is 0.